The van der Waals surface area contributed by atoms with Gasteiger partial charge in [-0.15, -0.1) is 0 Å². The highest BCUT2D eigenvalue weighted by atomic mass is 35.5. The van der Waals surface area contributed by atoms with E-state index in [1.807, 2.05) is 19.0 Å². The molecule has 1 aliphatic heterocycles. The number of H-pyrrole nitrogens is 1. The lowest BCUT2D eigenvalue weighted by Crippen LogP contribution is -2.46. The molecule has 240 valence electrons. The van der Waals surface area contributed by atoms with Crippen LogP contribution in [0, 0.1) is 0 Å². The highest BCUT2D eigenvalue weighted by Gasteiger charge is 2.31. The normalized spacial score (nSPS) is 14.4. The summed E-state index contributed by atoms with van der Waals surface area (Å²) in [6.45, 7) is 3.06. The van der Waals surface area contributed by atoms with Gasteiger partial charge in [-0.3, -0.25) is 19.5 Å². The Morgan fingerprint density at radius 3 is 2.56 bits per heavy atom. The van der Waals surface area contributed by atoms with Crippen molar-refractivity contribution in [1.82, 2.24) is 24.7 Å². The summed E-state index contributed by atoms with van der Waals surface area (Å²) in [4.78, 5) is 40.3. The van der Waals surface area contributed by atoms with Crippen molar-refractivity contribution in [1.29, 1.82) is 0 Å². The summed E-state index contributed by atoms with van der Waals surface area (Å²) in [6, 6.07) is 10.6. The number of aromatic nitrogens is 2. The van der Waals surface area contributed by atoms with E-state index in [1.165, 1.54) is 28.7 Å². The van der Waals surface area contributed by atoms with E-state index in [-0.39, 0.29) is 51.9 Å². The number of halogens is 1. The first kappa shape index (κ1) is 33.6. The first-order chi connectivity index (χ1) is 21.5. The van der Waals surface area contributed by atoms with E-state index in [4.69, 9.17) is 16.3 Å². The highest BCUT2D eigenvalue weighted by Crippen LogP contribution is 2.28. The lowest BCUT2D eigenvalue weighted by Gasteiger charge is -2.31. The van der Waals surface area contributed by atoms with Crippen molar-refractivity contribution in [2.75, 3.05) is 51.0 Å². The van der Waals surface area contributed by atoms with E-state index in [1.54, 1.807) is 43.3 Å². The molecule has 15 heteroatoms. The Hall–Kier alpha value is -4.24. The number of anilines is 2. The Kier molecular flexibility index (Phi) is 11.3. The summed E-state index contributed by atoms with van der Waals surface area (Å²) in [7, 11) is -0.0788. The molecular formula is C30H36ClN7O6S. The third-order valence-electron chi connectivity index (χ3n) is 6.87. The van der Waals surface area contributed by atoms with Gasteiger partial charge in [0.1, 0.15) is 11.3 Å². The van der Waals surface area contributed by atoms with Gasteiger partial charge < -0.3 is 25.6 Å². The Morgan fingerprint density at radius 2 is 1.84 bits per heavy atom. The van der Waals surface area contributed by atoms with Gasteiger partial charge in [0, 0.05) is 43.6 Å². The fourth-order valence-electron chi connectivity index (χ4n) is 4.68. The van der Waals surface area contributed by atoms with Gasteiger partial charge in [-0.1, -0.05) is 29.8 Å². The third kappa shape index (κ3) is 8.69. The summed E-state index contributed by atoms with van der Waals surface area (Å²) in [6.07, 6.45) is 5.22. The zero-order valence-corrected chi connectivity index (χ0v) is 26.7. The maximum absolute atomic E-state index is 13.4. The zero-order chi connectivity index (χ0) is 32.6. The molecule has 0 radical (unpaired) electrons. The quantitative estimate of drug-likeness (QED) is 0.215. The minimum absolute atomic E-state index is 0.0289. The summed E-state index contributed by atoms with van der Waals surface area (Å²) in [5, 5.41) is 15.0. The SMILES string of the molecule is CCOc1cccc(Cl)c1C(=O)Nc1c[nH]nc1C(=O)NC1CCN(S(=O)(=O)c2cccc(NC(=O)/C=C/CN(C)C)c2)CC1. The number of likely N-dealkylation sites (N-methyl/N-ethyl adjacent to an activating group) is 1. The van der Waals surface area contributed by atoms with Crippen molar-refractivity contribution in [3.05, 3.63) is 77.1 Å². The van der Waals surface area contributed by atoms with Crippen LogP contribution in [0.5, 0.6) is 5.75 Å². The second kappa shape index (κ2) is 15.2. The molecule has 4 N–H and O–H groups in total. The molecule has 1 fully saturated rings. The van der Waals surface area contributed by atoms with Crippen molar-refractivity contribution in [3.8, 4) is 5.75 Å². The number of ether oxygens (including phenoxy) is 1. The standard InChI is InChI=1S/C30H36ClN7O6S/c1-4-44-25-11-6-10-23(31)27(25)29(40)35-24-19-32-36-28(24)30(41)34-20-13-16-38(17-14-20)45(42,43)22-9-5-8-21(18-22)33-26(39)12-7-15-37(2)3/h5-12,18-20H,4,13-17H2,1-3H3,(H,32,36)(H,33,39)(H,34,41)(H,35,40)/b12-7+. The van der Waals surface area contributed by atoms with Crippen LogP contribution in [0.25, 0.3) is 0 Å². The summed E-state index contributed by atoms with van der Waals surface area (Å²) >= 11 is 6.26. The molecule has 0 atom stereocenters. The number of sulfonamides is 1. The predicted molar refractivity (Wildman–Crippen MR) is 171 cm³/mol. The van der Waals surface area contributed by atoms with Gasteiger partial charge >= 0.3 is 0 Å². The van der Waals surface area contributed by atoms with Gasteiger partial charge in [-0.25, -0.2) is 8.42 Å². The molecule has 0 saturated carbocycles. The Labute approximate surface area is 267 Å². The Morgan fingerprint density at radius 1 is 1.11 bits per heavy atom. The number of nitrogens with zero attached hydrogens (tertiary/aromatic N) is 3. The maximum atomic E-state index is 13.4. The van der Waals surface area contributed by atoms with Crippen molar-refractivity contribution in [3.63, 3.8) is 0 Å². The summed E-state index contributed by atoms with van der Waals surface area (Å²) < 4.78 is 33.6. The van der Waals surface area contributed by atoms with Crippen LogP contribution in [0.3, 0.4) is 0 Å². The first-order valence-electron chi connectivity index (χ1n) is 14.3. The van der Waals surface area contributed by atoms with Crippen LogP contribution in [-0.4, -0.2) is 91.9 Å². The van der Waals surface area contributed by atoms with Crippen LogP contribution in [-0.2, 0) is 14.8 Å². The number of benzene rings is 2. The highest BCUT2D eigenvalue weighted by molar-refractivity contribution is 7.89. The molecule has 1 aromatic heterocycles. The number of piperidine rings is 1. The van der Waals surface area contributed by atoms with E-state index in [2.05, 4.69) is 26.1 Å². The molecule has 0 spiro atoms. The monoisotopic (exact) mass is 657 g/mol. The fraction of sp³-hybridized carbons (Fsp3) is 0.333. The molecule has 4 rings (SSSR count). The first-order valence-corrected chi connectivity index (χ1v) is 16.1. The minimum Gasteiger partial charge on any atom is -0.493 e. The van der Waals surface area contributed by atoms with E-state index in [9.17, 15) is 22.8 Å². The van der Waals surface area contributed by atoms with Crippen molar-refractivity contribution >= 4 is 50.7 Å². The van der Waals surface area contributed by atoms with Gasteiger partial charge in [-0.05, 0) is 64.2 Å². The number of carbonyl (C=O) groups excluding carboxylic acids is 3. The topological polar surface area (TPSA) is 166 Å². The van der Waals surface area contributed by atoms with E-state index in [0.717, 1.165) is 0 Å². The largest absolute Gasteiger partial charge is 0.493 e. The number of hydrogen-bond donors (Lipinski definition) is 4. The lowest BCUT2D eigenvalue weighted by molar-refractivity contribution is -0.111. The second-order valence-corrected chi connectivity index (χ2v) is 12.8. The Balaban J connectivity index is 1.35. The van der Waals surface area contributed by atoms with Gasteiger partial charge in [-0.2, -0.15) is 9.40 Å². The van der Waals surface area contributed by atoms with E-state index in [0.29, 0.717) is 37.4 Å². The van der Waals surface area contributed by atoms with Crippen LogP contribution in [0.1, 0.15) is 40.6 Å². The van der Waals surface area contributed by atoms with E-state index < -0.39 is 21.8 Å². The molecule has 45 heavy (non-hydrogen) atoms. The number of carbonyl (C=O) groups is 3. The minimum atomic E-state index is -3.84. The smallest absolute Gasteiger partial charge is 0.274 e. The molecule has 3 amide bonds. The van der Waals surface area contributed by atoms with Crippen molar-refractivity contribution in [2.45, 2.75) is 30.7 Å². The molecule has 0 unspecified atom stereocenters. The van der Waals surface area contributed by atoms with Crippen LogP contribution in [0.2, 0.25) is 5.02 Å². The molecule has 0 aliphatic carbocycles. The van der Waals surface area contributed by atoms with Crippen LogP contribution in [0.15, 0.2) is 65.7 Å². The summed E-state index contributed by atoms with van der Waals surface area (Å²) in [5.41, 5.74) is 0.620. The van der Waals surface area contributed by atoms with Crippen LogP contribution < -0.4 is 20.7 Å². The maximum Gasteiger partial charge on any atom is 0.274 e. The average molecular weight is 658 g/mol. The van der Waals surface area contributed by atoms with Gasteiger partial charge in [0.2, 0.25) is 15.9 Å². The van der Waals surface area contributed by atoms with Crippen molar-refractivity contribution < 1.29 is 27.5 Å². The lowest BCUT2D eigenvalue weighted by atomic mass is 10.1. The average Bonchev–Trinajstić information content (AvgIpc) is 3.46. The molecule has 2 heterocycles. The molecule has 0 bridgehead atoms. The molecule has 1 saturated heterocycles. The van der Waals surface area contributed by atoms with Gasteiger partial charge in [0.25, 0.3) is 11.8 Å². The number of amides is 3. The second-order valence-electron chi connectivity index (χ2n) is 10.5. The Bertz CT molecular complexity index is 1670. The number of hydrogen-bond acceptors (Lipinski definition) is 8. The molecule has 13 nitrogen and oxygen atoms in total. The third-order valence-corrected chi connectivity index (χ3v) is 9.08. The zero-order valence-electron chi connectivity index (χ0n) is 25.2. The number of aromatic amines is 1. The van der Waals surface area contributed by atoms with Crippen LogP contribution >= 0.6 is 11.6 Å². The van der Waals surface area contributed by atoms with Gasteiger partial charge in [0.05, 0.1) is 22.2 Å². The molecule has 2 aromatic carbocycles. The number of nitrogens with one attached hydrogen (secondary N) is 4. The predicted octanol–water partition coefficient (Wildman–Crippen LogP) is 3.35. The van der Waals surface area contributed by atoms with Crippen LogP contribution in [0.4, 0.5) is 11.4 Å². The number of rotatable bonds is 12. The van der Waals surface area contributed by atoms with Crippen molar-refractivity contribution in [2.24, 2.45) is 0 Å². The van der Waals surface area contributed by atoms with Gasteiger partial charge in [0.15, 0.2) is 5.69 Å². The molecule has 1 aliphatic rings. The molecule has 3 aromatic rings. The van der Waals surface area contributed by atoms with E-state index >= 15 is 0 Å². The molecular weight excluding hydrogens is 622 g/mol. The summed E-state index contributed by atoms with van der Waals surface area (Å²) in [5.74, 6) is -1.15. The fourth-order valence-corrected chi connectivity index (χ4v) is 6.44.